The fraction of sp³-hybridized carbons (Fsp3) is 0.556. The molecule has 2 fully saturated rings. The van der Waals surface area contributed by atoms with E-state index < -0.39 is 61.8 Å². The van der Waals surface area contributed by atoms with Gasteiger partial charge in [0.2, 0.25) is 0 Å². The lowest BCUT2D eigenvalue weighted by Crippen LogP contribution is -2.42. The second-order valence-electron chi connectivity index (χ2n) is 11.1. The number of nitrogens with zero attached hydrogens (tertiary/aromatic N) is 3. The highest BCUT2D eigenvalue weighted by molar-refractivity contribution is 7.52. The minimum atomic E-state index is -4.53. The van der Waals surface area contributed by atoms with Gasteiger partial charge in [0.25, 0.3) is 5.56 Å². The van der Waals surface area contributed by atoms with E-state index in [0.717, 1.165) is 37.5 Å². The summed E-state index contributed by atoms with van der Waals surface area (Å²) in [7, 11) is -4.53. The van der Waals surface area contributed by atoms with Crippen LogP contribution >= 0.6 is 19.3 Å². The zero-order valence-corrected chi connectivity index (χ0v) is 25.8. The van der Waals surface area contributed by atoms with Crippen molar-refractivity contribution < 1.29 is 41.8 Å². The normalized spacial score (nSPS) is 26.4. The molecule has 0 radical (unpaired) electrons. The van der Waals surface area contributed by atoms with Crippen molar-refractivity contribution in [3.8, 4) is 5.75 Å². The summed E-state index contributed by atoms with van der Waals surface area (Å²) in [4.78, 5) is 35.9. The first-order valence-electron chi connectivity index (χ1n) is 14.1. The lowest BCUT2D eigenvalue weighted by Gasteiger charge is -2.27. The number of carbonyl (C=O) groups is 1. The van der Waals surface area contributed by atoms with Crippen LogP contribution in [0.15, 0.2) is 29.3 Å². The standard InChI is InChI=1S/C27H33ClF2N5O8P/c1-14(25(37)41-16-7-5-4-6-8-16)34-44(39,43-17-9-10-19(29)18(28)11-17)40-12-20-22(30)27(3,38)26(42-20)35-13-31-21-23(35)32-15(2)33-24(21)36/h9-11,13-14,16,20,22,26,38H,4-8,12H2,1-3H3,(H,34,39)(H,32,33,36)/t14?,20-,22-,26-,27-,44?/m1/s1. The van der Waals surface area contributed by atoms with Crippen molar-refractivity contribution in [3.05, 3.63) is 51.5 Å². The van der Waals surface area contributed by atoms with E-state index in [2.05, 4.69) is 20.0 Å². The van der Waals surface area contributed by atoms with E-state index in [4.69, 9.17) is 30.1 Å². The average molecular weight is 660 g/mol. The molecule has 1 aliphatic carbocycles. The Hall–Kier alpha value is -2.94. The van der Waals surface area contributed by atoms with Crippen LogP contribution in [0.3, 0.4) is 0 Å². The maximum Gasteiger partial charge on any atom is 0.459 e. The number of aromatic amines is 1. The number of rotatable bonds is 10. The monoisotopic (exact) mass is 659 g/mol. The largest absolute Gasteiger partial charge is 0.461 e. The van der Waals surface area contributed by atoms with Crippen molar-refractivity contribution in [1.29, 1.82) is 0 Å². The zero-order valence-electron chi connectivity index (χ0n) is 24.2. The Morgan fingerprint density at radius 3 is 2.80 bits per heavy atom. The predicted octanol–water partition coefficient (Wildman–Crippen LogP) is 4.26. The molecule has 13 nitrogen and oxygen atoms in total. The van der Waals surface area contributed by atoms with E-state index in [1.54, 1.807) is 6.92 Å². The van der Waals surface area contributed by atoms with Crippen LogP contribution < -0.4 is 15.2 Å². The van der Waals surface area contributed by atoms with Crippen LogP contribution in [0, 0.1) is 12.7 Å². The third-order valence-corrected chi connectivity index (χ3v) is 9.49. The fourth-order valence-corrected chi connectivity index (χ4v) is 6.90. The summed E-state index contributed by atoms with van der Waals surface area (Å²) < 4.78 is 67.1. The second kappa shape index (κ2) is 12.8. The number of benzene rings is 1. The molecule has 3 N–H and O–H groups in total. The zero-order chi connectivity index (χ0) is 31.8. The molecular formula is C27H33ClF2N5O8P. The molecule has 1 aromatic carbocycles. The van der Waals surface area contributed by atoms with Crippen LogP contribution in [-0.4, -0.2) is 67.2 Å². The Balaban J connectivity index is 1.35. The van der Waals surface area contributed by atoms with E-state index in [0.29, 0.717) is 12.8 Å². The van der Waals surface area contributed by atoms with E-state index >= 15 is 4.39 Å². The van der Waals surface area contributed by atoms with Gasteiger partial charge in [-0.1, -0.05) is 18.0 Å². The Labute approximate surface area is 255 Å². The number of hydrogen-bond acceptors (Lipinski definition) is 10. The molecule has 6 atom stereocenters. The topological polar surface area (TPSA) is 167 Å². The number of aromatic nitrogens is 4. The number of hydrogen-bond donors (Lipinski definition) is 3. The van der Waals surface area contributed by atoms with Crippen molar-refractivity contribution in [1.82, 2.24) is 24.6 Å². The highest BCUT2D eigenvalue weighted by Crippen LogP contribution is 2.48. The van der Waals surface area contributed by atoms with Crippen molar-refractivity contribution in [2.24, 2.45) is 0 Å². The maximum absolute atomic E-state index is 15.7. The second-order valence-corrected chi connectivity index (χ2v) is 13.2. The minimum Gasteiger partial charge on any atom is -0.461 e. The number of ether oxygens (including phenoxy) is 2. The molecule has 2 unspecified atom stereocenters. The molecule has 17 heteroatoms. The lowest BCUT2D eigenvalue weighted by molar-refractivity contribution is -0.152. The highest BCUT2D eigenvalue weighted by atomic mass is 35.5. The number of fused-ring (bicyclic) bond motifs is 1. The summed E-state index contributed by atoms with van der Waals surface area (Å²) in [5.74, 6) is -1.35. The summed E-state index contributed by atoms with van der Waals surface area (Å²) in [5, 5.41) is 13.3. The third kappa shape index (κ3) is 6.82. The predicted molar refractivity (Wildman–Crippen MR) is 153 cm³/mol. The van der Waals surface area contributed by atoms with Gasteiger partial charge in [0, 0.05) is 6.07 Å². The van der Waals surface area contributed by atoms with Crippen LogP contribution in [0.25, 0.3) is 11.2 Å². The van der Waals surface area contributed by atoms with Gasteiger partial charge in [0.15, 0.2) is 23.6 Å². The Morgan fingerprint density at radius 1 is 1.36 bits per heavy atom. The van der Waals surface area contributed by atoms with E-state index in [1.807, 2.05) is 0 Å². The number of halogens is 3. The van der Waals surface area contributed by atoms with E-state index in [1.165, 1.54) is 24.7 Å². The van der Waals surface area contributed by atoms with Crippen LogP contribution in [0.4, 0.5) is 8.78 Å². The Morgan fingerprint density at radius 2 is 2.09 bits per heavy atom. The fourth-order valence-electron chi connectivity index (χ4n) is 5.24. The molecule has 1 saturated heterocycles. The Kier molecular flexibility index (Phi) is 9.45. The SMILES string of the molecule is Cc1nc2c(ncn2[C@@H]2O[C@H](COP(=O)(NC(C)C(=O)OC3CCCCC3)Oc3ccc(F)c(Cl)c3)[C@@H](F)[C@@]2(C)O)c(=O)[nH]1. The highest BCUT2D eigenvalue weighted by Gasteiger charge is 2.55. The number of aryl methyl sites for hydroxylation is 1. The van der Waals surface area contributed by atoms with E-state index in [-0.39, 0.29) is 33.9 Å². The molecule has 1 aliphatic heterocycles. The lowest BCUT2D eigenvalue weighted by atomic mass is 9.98. The van der Waals surface area contributed by atoms with Crippen molar-refractivity contribution in [3.63, 3.8) is 0 Å². The number of alkyl halides is 1. The van der Waals surface area contributed by atoms with Crippen LogP contribution in [0.5, 0.6) is 5.75 Å². The van der Waals surface area contributed by atoms with Gasteiger partial charge in [-0.3, -0.25) is 18.7 Å². The quantitative estimate of drug-likeness (QED) is 0.210. The number of esters is 1. The molecule has 3 aromatic rings. The van der Waals surface area contributed by atoms with Crippen molar-refractivity contribution in [2.45, 2.75) is 89.1 Å². The molecule has 44 heavy (non-hydrogen) atoms. The molecule has 0 spiro atoms. The summed E-state index contributed by atoms with van der Waals surface area (Å²) in [6.45, 7) is 3.41. The molecule has 1 saturated carbocycles. The number of aliphatic hydroxyl groups is 1. The smallest absolute Gasteiger partial charge is 0.459 e. The molecule has 240 valence electrons. The number of imidazole rings is 1. The maximum atomic E-state index is 15.7. The Bertz CT molecular complexity index is 1630. The van der Waals surface area contributed by atoms with Gasteiger partial charge < -0.3 is 24.1 Å². The summed E-state index contributed by atoms with van der Waals surface area (Å²) >= 11 is 5.85. The molecule has 2 aromatic heterocycles. The molecular weight excluding hydrogens is 627 g/mol. The summed E-state index contributed by atoms with van der Waals surface area (Å²) in [5.41, 5.74) is -2.68. The van der Waals surface area contributed by atoms with Crippen LogP contribution in [-0.2, 0) is 23.4 Å². The first kappa shape index (κ1) is 32.5. The number of nitrogens with one attached hydrogen (secondary N) is 2. The first-order chi connectivity index (χ1) is 20.8. The number of carbonyl (C=O) groups excluding carboxylic acids is 1. The molecule has 0 amide bonds. The van der Waals surface area contributed by atoms with Crippen molar-refractivity contribution >= 4 is 36.5 Å². The van der Waals surface area contributed by atoms with E-state index in [9.17, 15) is 23.7 Å². The molecule has 2 aliphatic rings. The van der Waals surface area contributed by atoms with Gasteiger partial charge in [-0.05, 0) is 58.6 Å². The van der Waals surface area contributed by atoms with Gasteiger partial charge in [0.05, 0.1) is 18.0 Å². The third-order valence-electron chi connectivity index (χ3n) is 7.56. The summed E-state index contributed by atoms with van der Waals surface area (Å²) in [6.07, 6.45) is 0.246. The van der Waals surface area contributed by atoms with Gasteiger partial charge in [0.1, 0.15) is 41.2 Å². The summed E-state index contributed by atoms with van der Waals surface area (Å²) in [6, 6.07) is 2.00. The van der Waals surface area contributed by atoms with Gasteiger partial charge in [-0.25, -0.2) is 23.3 Å². The van der Waals surface area contributed by atoms with Crippen LogP contribution in [0.1, 0.15) is 58.0 Å². The number of H-pyrrole nitrogens is 1. The first-order valence-corrected chi connectivity index (χ1v) is 16.0. The molecule has 3 heterocycles. The molecule has 5 rings (SSSR count). The van der Waals surface area contributed by atoms with Gasteiger partial charge in [-0.2, -0.15) is 5.09 Å². The average Bonchev–Trinajstić information content (AvgIpc) is 3.47. The van der Waals surface area contributed by atoms with Crippen molar-refractivity contribution in [2.75, 3.05) is 6.61 Å². The molecule has 0 bridgehead atoms. The van der Waals surface area contributed by atoms with Gasteiger partial charge >= 0.3 is 13.7 Å². The van der Waals surface area contributed by atoms with Crippen LogP contribution in [0.2, 0.25) is 5.02 Å². The van der Waals surface area contributed by atoms with Gasteiger partial charge in [-0.15, -0.1) is 0 Å². The minimum absolute atomic E-state index is 0.0423.